The van der Waals surface area contributed by atoms with Crippen LogP contribution in [0.15, 0.2) is 34.7 Å². The molecule has 0 unspecified atom stereocenters. The monoisotopic (exact) mass is 332 g/mol. The molecule has 0 aliphatic rings. The van der Waals surface area contributed by atoms with Gasteiger partial charge in [0.15, 0.2) is 11.8 Å². The number of aromatic nitrogens is 1. The summed E-state index contributed by atoms with van der Waals surface area (Å²) in [7, 11) is 1.54. The van der Waals surface area contributed by atoms with Gasteiger partial charge in [0, 0.05) is 19.2 Å². The van der Waals surface area contributed by atoms with Crippen molar-refractivity contribution in [2.24, 2.45) is 0 Å². The first-order valence-electron chi connectivity index (χ1n) is 7.53. The minimum Gasteiger partial charge on any atom is -0.448 e. The Morgan fingerprint density at radius 1 is 1.29 bits per heavy atom. The average Bonchev–Trinajstić information content (AvgIpc) is 2.97. The summed E-state index contributed by atoms with van der Waals surface area (Å²) in [5.41, 5.74) is 0.815. The Bertz CT molecular complexity index is 696. The van der Waals surface area contributed by atoms with Gasteiger partial charge in [0.25, 0.3) is 5.91 Å². The smallest absolute Gasteiger partial charge is 0.361 e. The number of esters is 1. The molecule has 0 spiro atoms. The van der Waals surface area contributed by atoms with Crippen LogP contribution in [0.4, 0.5) is 0 Å². The number of nitrogens with zero attached hydrogens (tertiary/aromatic N) is 1. The molecule has 0 bridgehead atoms. The quantitative estimate of drug-likeness (QED) is 0.616. The first-order chi connectivity index (χ1) is 11.5. The second-order valence-electron chi connectivity index (χ2n) is 5.12. The van der Waals surface area contributed by atoms with Crippen LogP contribution in [0.2, 0.25) is 0 Å². The molecule has 1 N–H and O–H groups in total. The molecular formula is C17H20N2O5. The summed E-state index contributed by atoms with van der Waals surface area (Å²) in [5.74, 6) is -0.430. The zero-order chi connectivity index (χ0) is 17.5. The van der Waals surface area contributed by atoms with Crippen molar-refractivity contribution in [1.29, 1.82) is 0 Å². The Balaban J connectivity index is 2.02. The number of carbonyl (C=O) groups is 2. The van der Waals surface area contributed by atoms with Crippen LogP contribution in [0.5, 0.6) is 0 Å². The maximum atomic E-state index is 12.2. The summed E-state index contributed by atoms with van der Waals surface area (Å²) in [4.78, 5) is 28.2. The Hall–Kier alpha value is -2.67. The molecule has 1 atom stereocenters. The molecule has 2 aromatic rings. The fourth-order valence-electron chi connectivity index (χ4n) is 1.98. The largest absolute Gasteiger partial charge is 0.448 e. The molecule has 0 radical (unpaired) electrons. The lowest BCUT2D eigenvalue weighted by molar-refractivity contribution is -0.129. The van der Waals surface area contributed by atoms with E-state index in [0.29, 0.717) is 24.8 Å². The van der Waals surface area contributed by atoms with E-state index in [9.17, 15) is 9.59 Å². The maximum absolute atomic E-state index is 12.2. The first-order valence-corrected chi connectivity index (χ1v) is 7.53. The molecule has 7 nitrogen and oxygen atoms in total. The van der Waals surface area contributed by atoms with Crippen molar-refractivity contribution in [2.45, 2.75) is 20.0 Å². The van der Waals surface area contributed by atoms with Crippen molar-refractivity contribution in [3.05, 3.63) is 41.8 Å². The van der Waals surface area contributed by atoms with Gasteiger partial charge in [-0.3, -0.25) is 4.79 Å². The number of carbonyl (C=O) groups excluding carboxylic acids is 2. The van der Waals surface area contributed by atoms with Crippen LogP contribution < -0.4 is 5.32 Å². The van der Waals surface area contributed by atoms with E-state index in [2.05, 4.69) is 10.3 Å². The number of hydrogen-bond acceptors (Lipinski definition) is 6. The van der Waals surface area contributed by atoms with Gasteiger partial charge in [-0.25, -0.2) is 9.78 Å². The lowest BCUT2D eigenvalue weighted by Crippen LogP contribution is -2.37. The molecule has 0 aliphatic heterocycles. The van der Waals surface area contributed by atoms with Crippen molar-refractivity contribution in [1.82, 2.24) is 10.3 Å². The van der Waals surface area contributed by atoms with E-state index >= 15 is 0 Å². The van der Waals surface area contributed by atoms with Crippen LogP contribution in [-0.2, 0) is 14.3 Å². The summed E-state index contributed by atoms with van der Waals surface area (Å²) >= 11 is 0. The number of methoxy groups -OCH3 is 1. The van der Waals surface area contributed by atoms with Crippen LogP contribution >= 0.6 is 0 Å². The zero-order valence-corrected chi connectivity index (χ0v) is 13.9. The zero-order valence-electron chi connectivity index (χ0n) is 13.9. The molecule has 2 rings (SSSR count). The second-order valence-corrected chi connectivity index (χ2v) is 5.12. The highest BCUT2D eigenvalue weighted by Crippen LogP contribution is 2.22. The summed E-state index contributed by atoms with van der Waals surface area (Å²) in [6.45, 7) is 3.85. The number of aryl methyl sites for hydroxylation is 1. The van der Waals surface area contributed by atoms with Gasteiger partial charge in [-0.2, -0.15) is 0 Å². The standard InChI is InChI=1S/C17H20N2O5/c1-11-14(19-16(23-11)13-7-5-4-6-8-13)17(21)24-12(2)15(20)18-9-10-22-3/h4-8,12H,9-10H2,1-3H3,(H,18,20)/t12-/m1/s1. The molecule has 1 aromatic carbocycles. The van der Waals surface area contributed by atoms with E-state index in [1.165, 1.54) is 14.0 Å². The number of benzene rings is 1. The number of rotatable bonds is 7. The SMILES string of the molecule is COCCNC(=O)[C@@H](C)OC(=O)c1nc(-c2ccccc2)oc1C. The highest BCUT2D eigenvalue weighted by molar-refractivity contribution is 5.91. The number of amides is 1. The molecule has 1 heterocycles. The highest BCUT2D eigenvalue weighted by atomic mass is 16.5. The van der Waals surface area contributed by atoms with Crippen LogP contribution in [-0.4, -0.2) is 43.2 Å². The van der Waals surface area contributed by atoms with Crippen molar-refractivity contribution >= 4 is 11.9 Å². The molecular weight excluding hydrogens is 312 g/mol. The molecule has 0 saturated heterocycles. The Morgan fingerprint density at radius 3 is 2.67 bits per heavy atom. The van der Waals surface area contributed by atoms with Crippen molar-refractivity contribution in [2.75, 3.05) is 20.3 Å². The van der Waals surface area contributed by atoms with Crippen molar-refractivity contribution in [3.63, 3.8) is 0 Å². The van der Waals surface area contributed by atoms with Gasteiger partial charge >= 0.3 is 5.97 Å². The fourth-order valence-corrected chi connectivity index (χ4v) is 1.98. The van der Waals surface area contributed by atoms with E-state index in [1.54, 1.807) is 6.92 Å². The minimum atomic E-state index is -0.939. The van der Waals surface area contributed by atoms with Crippen LogP contribution in [0.25, 0.3) is 11.5 Å². The Morgan fingerprint density at radius 2 is 2.00 bits per heavy atom. The van der Waals surface area contributed by atoms with Crippen LogP contribution in [0.1, 0.15) is 23.2 Å². The van der Waals surface area contributed by atoms with Gasteiger partial charge < -0.3 is 19.2 Å². The van der Waals surface area contributed by atoms with E-state index in [0.717, 1.165) is 5.56 Å². The number of hydrogen-bond donors (Lipinski definition) is 1. The minimum absolute atomic E-state index is 0.0606. The molecule has 128 valence electrons. The predicted molar refractivity (Wildman–Crippen MR) is 86.4 cm³/mol. The first kappa shape index (κ1) is 17.7. The summed E-state index contributed by atoms with van der Waals surface area (Å²) < 4.78 is 15.5. The second kappa shape index (κ2) is 8.26. The molecule has 24 heavy (non-hydrogen) atoms. The molecule has 1 aromatic heterocycles. The Kier molecular flexibility index (Phi) is 6.08. The molecule has 0 aliphatic carbocycles. The lowest BCUT2D eigenvalue weighted by atomic mass is 10.2. The van der Waals surface area contributed by atoms with Crippen LogP contribution in [0.3, 0.4) is 0 Å². The molecule has 1 amide bonds. The predicted octanol–water partition coefficient (Wildman–Crippen LogP) is 1.96. The number of nitrogens with one attached hydrogen (secondary N) is 1. The molecule has 7 heteroatoms. The van der Waals surface area contributed by atoms with Gasteiger partial charge in [-0.15, -0.1) is 0 Å². The molecule has 0 fully saturated rings. The summed E-state index contributed by atoms with van der Waals surface area (Å²) in [6, 6.07) is 9.22. The summed E-state index contributed by atoms with van der Waals surface area (Å²) in [6.07, 6.45) is -0.939. The van der Waals surface area contributed by atoms with Gasteiger partial charge in [-0.05, 0) is 26.0 Å². The third kappa shape index (κ3) is 4.42. The van der Waals surface area contributed by atoms with Gasteiger partial charge in [0.05, 0.1) is 6.61 Å². The average molecular weight is 332 g/mol. The summed E-state index contributed by atoms with van der Waals surface area (Å²) in [5, 5.41) is 2.60. The third-order valence-corrected chi connectivity index (χ3v) is 3.27. The maximum Gasteiger partial charge on any atom is 0.361 e. The normalized spacial score (nSPS) is 11.8. The van der Waals surface area contributed by atoms with E-state index in [-0.39, 0.29) is 5.69 Å². The van der Waals surface area contributed by atoms with E-state index in [1.807, 2.05) is 30.3 Å². The third-order valence-electron chi connectivity index (χ3n) is 3.27. The topological polar surface area (TPSA) is 90.7 Å². The van der Waals surface area contributed by atoms with Crippen molar-refractivity contribution in [3.8, 4) is 11.5 Å². The fraction of sp³-hybridized carbons (Fsp3) is 0.353. The lowest BCUT2D eigenvalue weighted by Gasteiger charge is -2.12. The number of oxazole rings is 1. The number of ether oxygens (including phenoxy) is 2. The molecule has 0 saturated carbocycles. The van der Waals surface area contributed by atoms with E-state index < -0.39 is 18.0 Å². The Labute approximate surface area is 140 Å². The van der Waals surface area contributed by atoms with Gasteiger partial charge in [-0.1, -0.05) is 18.2 Å². The van der Waals surface area contributed by atoms with Gasteiger partial charge in [0.2, 0.25) is 5.89 Å². The highest BCUT2D eigenvalue weighted by Gasteiger charge is 2.24. The van der Waals surface area contributed by atoms with Crippen LogP contribution in [0, 0.1) is 6.92 Å². The van der Waals surface area contributed by atoms with Crippen molar-refractivity contribution < 1.29 is 23.5 Å². The van der Waals surface area contributed by atoms with Gasteiger partial charge in [0.1, 0.15) is 5.76 Å². The van der Waals surface area contributed by atoms with E-state index in [4.69, 9.17) is 13.9 Å².